The number of imidazole rings is 1. The third kappa shape index (κ3) is 3.93. The van der Waals surface area contributed by atoms with E-state index >= 15 is 0 Å². The minimum Gasteiger partial charge on any atom is -0.339 e. The van der Waals surface area contributed by atoms with E-state index in [4.69, 9.17) is 4.52 Å². The van der Waals surface area contributed by atoms with E-state index < -0.39 is 0 Å². The molecule has 0 amide bonds. The first kappa shape index (κ1) is 16.7. The number of likely N-dealkylation sites (N-methyl/N-ethyl adjacent to an activating group) is 1. The van der Waals surface area contributed by atoms with Gasteiger partial charge in [0.2, 0.25) is 5.89 Å². The minimum absolute atomic E-state index is 0.531. The van der Waals surface area contributed by atoms with Crippen molar-refractivity contribution in [3.63, 3.8) is 0 Å². The molecule has 7 nitrogen and oxygen atoms in total. The lowest BCUT2D eigenvalue weighted by Crippen LogP contribution is -2.46. The molecule has 0 unspecified atom stereocenters. The molecule has 4 rings (SSSR count). The maximum Gasteiger partial charge on any atom is 0.229 e. The van der Waals surface area contributed by atoms with Crippen LogP contribution in [0.1, 0.15) is 56.1 Å². The molecule has 7 heteroatoms. The van der Waals surface area contributed by atoms with Crippen LogP contribution in [-0.4, -0.2) is 55.7 Å². The molecule has 2 aromatic heterocycles. The van der Waals surface area contributed by atoms with Crippen LogP contribution >= 0.6 is 0 Å². The molecule has 1 atom stereocenters. The van der Waals surface area contributed by atoms with Gasteiger partial charge < -0.3 is 9.09 Å². The summed E-state index contributed by atoms with van der Waals surface area (Å²) in [7, 11) is 2.21. The van der Waals surface area contributed by atoms with E-state index in [1.165, 1.54) is 25.7 Å². The molecule has 1 aliphatic carbocycles. The summed E-state index contributed by atoms with van der Waals surface area (Å²) < 4.78 is 7.61. The van der Waals surface area contributed by atoms with E-state index in [-0.39, 0.29) is 0 Å². The fourth-order valence-electron chi connectivity index (χ4n) is 3.69. The summed E-state index contributed by atoms with van der Waals surface area (Å²) in [4.78, 5) is 14.0. The number of nitrogens with zero attached hydrogens (tertiary/aromatic N) is 6. The number of hydrogen-bond donors (Lipinski definition) is 0. The van der Waals surface area contributed by atoms with Crippen LogP contribution in [0.25, 0.3) is 0 Å². The summed E-state index contributed by atoms with van der Waals surface area (Å²) >= 11 is 0. The zero-order chi connectivity index (χ0) is 17.2. The molecular weight excluding hydrogens is 316 g/mol. The van der Waals surface area contributed by atoms with E-state index in [9.17, 15) is 0 Å². The van der Waals surface area contributed by atoms with Crippen LogP contribution < -0.4 is 0 Å². The molecule has 25 heavy (non-hydrogen) atoms. The molecule has 0 aromatic carbocycles. The van der Waals surface area contributed by atoms with Gasteiger partial charge in [0.05, 0.1) is 13.1 Å². The fraction of sp³-hybridized carbons (Fsp3) is 0.722. The van der Waals surface area contributed by atoms with Crippen molar-refractivity contribution in [3.8, 4) is 0 Å². The summed E-state index contributed by atoms with van der Waals surface area (Å²) in [5, 5.41) is 4.17. The summed E-state index contributed by atoms with van der Waals surface area (Å²) in [6.07, 6.45) is 8.80. The summed E-state index contributed by atoms with van der Waals surface area (Å²) in [5.41, 5.74) is 0. The highest BCUT2D eigenvalue weighted by Crippen LogP contribution is 2.38. The molecule has 2 fully saturated rings. The highest BCUT2D eigenvalue weighted by molar-refractivity contribution is 5.02. The topological polar surface area (TPSA) is 63.2 Å². The maximum atomic E-state index is 5.39. The van der Waals surface area contributed by atoms with Gasteiger partial charge in [0.1, 0.15) is 5.82 Å². The molecule has 1 aliphatic heterocycles. The fourth-order valence-corrected chi connectivity index (χ4v) is 3.69. The Morgan fingerprint density at radius 2 is 2.20 bits per heavy atom. The Bertz CT molecular complexity index is 691. The number of aryl methyl sites for hydroxylation is 1. The molecule has 0 spiro atoms. The Labute approximate surface area is 149 Å². The third-order valence-corrected chi connectivity index (χ3v) is 5.41. The van der Waals surface area contributed by atoms with Crippen LogP contribution in [-0.2, 0) is 19.6 Å². The van der Waals surface area contributed by atoms with Crippen LogP contribution in [0.4, 0.5) is 0 Å². The SMILES string of the molecule is CCn1ccnc1CN(C)[C@@H]1CCCN(Cc2noc(C3CC3)n2)C1. The first-order chi connectivity index (χ1) is 12.2. The van der Waals surface area contributed by atoms with Crippen molar-refractivity contribution in [2.24, 2.45) is 0 Å². The smallest absolute Gasteiger partial charge is 0.229 e. The van der Waals surface area contributed by atoms with Crippen molar-refractivity contribution in [1.29, 1.82) is 0 Å². The minimum atomic E-state index is 0.531. The van der Waals surface area contributed by atoms with Crippen LogP contribution in [0.3, 0.4) is 0 Å². The van der Waals surface area contributed by atoms with E-state index in [2.05, 4.69) is 49.7 Å². The highest BCUT2D eigenvalue weighted by atomic mass is 16.5. The van der Waals surface area contributed by atoms with E-state index in [1.54, 1.807) is 0 Å². The average molecular weight is 344 g/mol. The van der Waals surface area contributed by atoms with Crippen molar-refractivity contribution in [1.82, 2.24) is 29.5 Å². The first-order valence-corrected chi connectivity index (χ1v) is 9.48. The largest absolute Gasteiger partial charge is 0.339 e. The van der Waals surface area contributed by atoms with Gasteiger partial charge in [-0.3, -0.25) is 9.80 Å². The number of likely N-dealkylation sites (tertiary alicyclic amines) is 1. The standard InChI is InChI=1S/C18H28N6O/c1-3-24-10-8-19-17(24)13-22(2)15-5-4-9-23(11-15)12-16-20-18(25-21-16)14-6-7-14/h8,10,14-15H,3-7,9,11-13H2,1-2H3/t15-/m1/s1. The first-order valence-electron chi connectivity index (χ1n) is 9.48. The quantitative estimate of drug-likeness (QED) is 0.768. The lowest BCUT2D eigenvalue weighted by molar-refractivity contribution is 0.102. The van der Waals surface area contributed by atoms with Crippen molar-refractivity contribution >= 4 is 0 Å². The lowest BCUT2D eigenvalue weighted by Gasteiger charge is -2.37. The van der Waals surface area contributed by atoms with Gasteiger partial charge in [0.15, 0.2) is 5.82 Å². The van der Waals surface area contributed by atoms with Gasteiger partial charge in [-0.25, -0.2) is 4.98 Å². The molecule has 1 saturated carbocycles. The Hall–Kier alpha value is -1.73. The highest BCUT2D eigenvalue weighted by Gasteiger charge is 2.30. The second-order valence-corrected chi connectivity index (χ2v) is 7.40. The summed E-state index contributed by atoms with van der Waals surface area (Å²) in [6, 6.07) is 0.547. The lowest BCUT2D eigenvalue weighted by atomic mass is 10.0. The molecule has 0 radical (unpaired) electrons. The zero-order valence-electron chi connectivity index (χ0n) is 15.3. The molecule has 1 saturated heterocycles. The monoisotopic (exact) mass is 344 g/mol. The third-order valence-electron chi connectivity index (χ3n) is 5.41. The number of aromatic nitrogens is 4. The van der Waals surface area contributed by atoms with Crippen molar-refractivity contribution in [2.45, 2.75) is 64.2 Å². The normalized spacial score (nSPS) is 22.0. The summed E-state index contributed by atoms with van der Waals surface area (Å²) in [5.74, 6) is 3.36. The van der Waals surface area contributed by atoms with E-state index in [0.29, 0.717) is 12.0 Å². The Morgan fingerprint density at radius 1 is 1.32 bits per heavy atom. The van der Waals surface area contributed by atoms with Crippen LogP contribution in [0, 0.1) is 0 Å². The Kier molecular flexibility index (Phi) is 4.85. The number of rotatable bonds is 7. The maximum absolute atomic E-state index is 5.39. The molecular formula is C18H28N6O. The van der Waals surface area contributed by atoms with Gasteiger partial charge >= 0.3 is 0 Å². The zero-order valence-corrected chi connectivity index (χ0v) is 15.3. The second kappa shape index (κ2) is 7.25. The molecule has 2 aromatic rings. The predicted octanol–water partition coefficient (Wildman–Crippen LogP) is 2.26. The number of piperidine rings is 1. The molecule has 3 heterocycles. The van der Waals surface area contributed by atoms with Gasteiger partial charge in [-0.15, -0.1) is 0 Å². The van der Waals surface area contributed by atoms with E-state index in [0.717, 1.165) is 50.3 Å². The Balaban J connectivity index is 1.33. The van der Waals surface area contributed by atoms with Gasteiger partial charge in [0, 0.05) is 37.4 Å². The van der Waals surface area contributed by atoms with Crippen LogP contribution in [0.2, 0.25) is 0 Å². The predicted molar refractivity (Wildman–Crippen MR) is 93.9 cm³/mol. The van der Waals surface area contributed by atoms with E-state index in [1.807, 2.05) is 6.20 Å². The van der Waals surface area contributed by atoms with Gasteiger partial charge in [-0.1, -0.05) is 5.16 Å². The average Bonchev–Trinajstić information content (AvgIpc) is 3.21. The molecule has 2 aliphatic rings. The van der Waals surface area contributed by atoms with Crippen molar-refractivity contribution in [2.75, 3.05) is 20.1 Å². The van der Waals surface area contributed by atoms with Crippen LogP contribution in [0.15, 0.2) is 16.9 Å². The summed E-state index contributed by atoms with van der Waals surface area (Å²) in [6.45, 7) is 6.99. The second-order valence-electron chi connectivity index (χ2n) is 7.40. The Morgan fingerprint density at radius 3 is 3.00 bits per heavy atom. The molecule has 136 valence electrons. The molecule has 0 bridgehead atoms. The van der Waals surface area contributed by atoms with Gasteiger partial charge in [0.25, 0.3) is 0 Å². The van der Waals surface area contributed by atoms with Crippen LogP contribution in [0.5, 0.6) is 0 Å². The number of hydrogen-bond acceptors (Lipinski definition) is 6. The van der Waals surface area contributed by atoms with Gasteiger partial charge in [-0.05, 0) is 46.2 Å². The molecule has 0 N–H and O–H groups in total. The van der Waals surface area contributed by atoms with Gasteiger partial charge in [-0.2, -0.15) is 4.98 Å². The van der Waals surface area contributed by atoms with Crippen molar-refractivity contribution in [3.05, 3.63) is 29.9 Å². The van der Waals surface area contributed by atoms with Crippen molar-refractivity contribution < 1.29 is 4.52 Å².